The first-order valence-corrected chi connectivity index (χ1v) is 10.5. The van der Waals surface area contributed by atoms with Crippen molar-refractivity contribution >= 4 is 11.8 Å². The van der Waals surface area contributed by atoms with Crippen LogP contribution in [0, 0.1) is 19.8 Å². The summed E-state index contributed by atoms with van der Waals surface area (Å²) in [4.78, 5) is 28.7. The van der Waals surface area contributed by atoms with Crippen LogP contribution in [0.3, 0.4) is 0 Å². The standard InChI is InChI=1S/C24H32N2O3/c1-16(2)12-14-25-23(28)24(5)13-11-20-21(17(3)18(4)29-20)22(27)26(24)15-19-9-7-6-8-10-19/h6-10,16H,11-15H2,1-5H3,(H,25,28). The molecule has 156 valence electrons. The van der Waals surface area contributed by atoms with Crippen molar-refractivity contribution in [2.45, 2.75) is 66.0 Å². The van der Waals surface area contributed by atoms with E-state index >= 15 is 0 Å². The summed E-state index contributed by atoms with van der Waals surface area (Å²) >= 11 is 0. The fraction of sp³-hybridized carbons (Fsp3) is 0.500. The molecule has 29 heavy (non-hydrogen) atoms. The molecule has 0 aliphatic carbocycles. The van der Waals surface area contributed by atoms with E-state index in [1.165, 1.54) is 0 Å². The van der Waals surface area contributed by atoms with Crippen LogP contribution in [0.5, 0.6) is 0 Å². The third kappa shape index (κ3) is 4.24. The van der Waals surface area contributed by atoms with Crippen LogP contribution < -0.4 is 5.32 Å². The zero-order valence-electron chi connectivity index (χ0n) is 18.2. The molecule has 2 aromatic rings. The Morgan fingerprint density at radius 2 is 1.93 bits per heavy atom. The normalized spacial score (nSPS) is 19.2. The number of rotatable bonds is 6. The Labute approximate surface area is 173 Å². The first kappa shape index (κ1) is 21.2. The SMILES string of the molecule is Cc1oc2c(c1C)C(=O)N(Cc1ccccc1)C(C)(C(=O)NCCC(C)C)CC2. The molecule has 1 N–H and O–H groups in total. The summed E-state index contributed by atoms with van der Waals surface area (Å²) in [6, 6.07) is 9.84. The highest BCUT2D eigenvalue weighted by atomic mass is 16.3. The maximum absolute atomic E-state index is 13.7. The average Bonchev–Trinajstić information content (AvgIpc) is 2.92. The number of benzene rings is 1. The van der Waals surface area contributed by atoms with E-state index in [1.807, 2.05) is 51.1 Å². The molecule has 1 atom stereocenters. The maximum atomic E-state index is 13.7. The molecule has 5 heteroatoms. The molecular formula is C24H32N2O3. The first-order chi connectivity index (χ1) is 13.7. The van der Waals surface area contributed by atoms with Gasteiger partial charge in [-0.15, -0.1) is 0 Å². The summed E-state index contributed by atoms with van der Waals surface area (Å²) in [5.41, 5.74) is 1.55. The van der Waals surface area contributed by atoms with Gasteiger partial charge in [0.2, 0.25) is 5.91 Å². The van der Waals surface area contributed by atoms with Gasteiger partial charge in [-0.3, -0.25) is 9.59 Å². The third-order valence-corrected chi connectivity index (χ3v) is 6.03. The lowest BCUT2D eigenvalue weighted by Crippen LogP contribution is -2.58. The fourth-order valence-electron chi connectivity index (χ4n) is 3.92. The molecule has 2 amide bonds. The van der Waals surface area contributed by atoms with Crippen molar-refractivity contribution in [1.82, 2.24) is 10.2 Å². The van der Waals surface area contributed by atoms with Crippen LogP contribution in [-0.4, -0.2) is 28.8 Å². The summed E-state index contributed by atoms with van der Waals surface area (Å²) in [5.74, 6) is 1.75. The summed E-state index contributed by atoms with van der Waals surface area (Å²) in [5, 5.41) is 3.07. The summed E-state index contributed by atoms with van der Waals surface area (Å²) in [6.07, 6.45) is 2.00. The van der Waals surface area contributed by atoms with Gasteiger partial charge in [0.25, 0.3) is 5.91 Å². The number of fused-ring (bicyclic) bond motifs is 1. The Hall–Kier alpha value is -2.56. The molecule has 1 aromatic heterocycles. The van der Waals surface area contributed by atoms with Crippen molar-refractivity contribution in [3.05, 3.63) is 58.5 Å². The Balaban J connectivity index is 1.97. The van der Waals surface area contributed by atoms with Gasteiger partial charge in [-0.25, -0.2) is 0 Å². The van der Waals surface area contributed by atoms with Crippen LogP contribution in [0.1, 0.15) is 66.6 Å². The Bertz CT molecular complexity index is 885. The number of nitrogens with zero attached hydrogens (tertiary/aromatic N) is 1. The summed E-state index contributed by atoms with van der Waals surface area (Å²) in [6.45, 7) is 10.9. The predicted octanol–water partition coefficient (Wildman–Crippen LogP) is 4.41. The lowest BCUT2D eigenvalue weighted by atomic mass is 9.92. The minimum Gasteiger partial charge on any atom is -0.465 e. The predicted molar refractivity (Wildman–Crippen MR) is 114 cm³/mol. The van der Waals surface area contributed by atoms with E-state index in [0.717, 1.165) is 23.3 Å². The molecule has 1 aliphatic rings. The van der Waals surface area contributed by atoms with Crippen LogP contribution in [0.2, 0.25) is 0 Å². The van der Waals surface area contributed by atoms with Crippen LogP contribution in [0.25, 0.3) is 0 Å². The largest absolute Gasteiger partial charge is 0.465 e. The molecule has 1 unspecified atom stereocenters. The monoisotopic (exact) mass is 396 g/mol. The molecule has 1 aromatic carbocycles. The van der Waals surface area contributed by atoms with Gasteiger partial charge in [-0.1, -0.05) is 44.2 Å². The molecule has 1 aliphatic heterocycles. The van der Waals surface area contributed by atoms with E-state index in [9.17, 15) is 9.59 Å². The van der Waals surface area contributed by atoms with Crippen molar-refractivity contribution < 1.29 is 14.0 Å². The zero-order chi connectivity index (χ0) is 21.2. The third-order valence-electron chi connectivity index (χ3n) is 6.03. The van der Waals surface area contributed by atoms with Crippen molar-refractivity contribution in [2.24, 2.45) is 5.92 Å². The van der Waals surface area contributed by atoms with Gasteiger partial charge in [0, 0.05) is 25.1 Å². The summed E-state index contributed by atoms with van der Waals surface area (Å²) < 4.78 is 5.89. The highest BCUT2D eigenvalue weighted by molar-refractivity contribution is 6.01. The molecule has 0 fully saturated rings. The molecular weight excluding hydrogens is 364 g/mol. The van der Waals surface area contributed by atoms with E-state index in [2.05, 4.69) is 19.2 Å². The van der Waals surface area contributed by atoms with Gasteiger partial charge in [-0.2, -0.15) is 0 Å². The van der Waals surface area contributed by atoms with Gasteiger partial charge in [0.1, 0.15) is 17.1 Å². The van der Waals surface area contributed by atoms with E-state index in [-0.39, 0.29) is 11.8 Å². The van der Waals surface area contributed by atoms with E-state index < -0.39 is 5.54 Å². The van der Waals surface area contributed by atoms with Gasteiger partial charge in [0.15, 0.2) is 0 Å². The highest BCUT2D eigenvalue weighted by Crippen LogP contribution is 2.35. The molecule has 0 saturated carbocycles. The first-order valence-electron chi connectivity index (χ1n) is 10.5. The quantitative estimate of drug-likeness (QED) is 0.787. The van der Waals surface area contributed by atoms with Crippen LogP contribution >= 0.6 is 0 Å². The second-order valence-corrected chi connectivity index (χ2v) is 8.67. The number of nitrogens with one attached hydrogen (secondary N) is 1. The molecule has 2 heterocycles. The molecule has 3 rings (SSSR count). The number of carbonyl (C=O) groups excluding carboxylic acids is 2. The second-order valence-electron chi connectivity index (χ2n) is 8.67. The molecule has 0 bridgehead atoms. The summed E-state index contributed by atoms with van der Waals surface area (Å²) in [7, 11) is 0. The zero-order valence-corrected chi connectivity index (χ0v) is 18.2. The maximum Gasteiger partial charge on any atom is 0.258 e. The molecule has 0 saturated heterocycles. The van der Waals surface area contributed by atoms with E-state index in [4.69, 9.17) is 4.42 Å². The number of carbonyl (C=O) groups is 2. The topological polar surface area (TPSA) is 62.6 Å². The van der Waals surface area contributed by atoms with E-state index in [0.29, 0.717) is 43.2 Å². The van der Waals surface area contributed by atoms with Crippen molar-refractivity contribution in [1.29, 1.82) is 0 Å². The van der Waals surface area contributed by atoms with Crippen molar-refractivity contribution in [3.8, 4) is 0 Å². The smallest absolute Gasteiger partial charge is 0.258 e. The minimum absolute atomic E-state index is 0.0954. The highest BCUT2D eigenvalue weighted by Gasteiger charge is 2.46. The van der Waals surface area contributed by atoms with Gasteiger partial charge in [-0.05, 0) is 45.1 Å². The van der Waals surface area contributed by atoms with Gasteiger partial charge in [0.05, 0.1) is 5.56 Å². The van der Waals surface area contributed by atoms with Crippen LogP contribution in [0.15, 0.2) is 34.7 Å². The van der Waals surface area contributed by atoms with Crippen LogP contribution in [-0.2, 0) is 17.8 Å². The lowest BCUT2D eigenvalue weighted by molar-refractivity contribution is -0.132. The second kappa shape index (κ2) is 8.44. The Morgan fingerprint density at radius 1 is 1.24 bits per heavy atom. The molecule has 5 nitrogen and oxygen atoms in total. The number of aryl methyl sites for hydroxylation is 2. The fourth-order valence-corrected chi connectivity index (χ4v) is 3.92. The number of hydrogen-bond donors (Lipinski definition) is 1. The van der Waals surface area contributed by atoms with Crippen LogP contribution in [0.4, 0.5) is 0 Å². The van der Waals surface area contributed by atoms with Crippen molar-refractivity contribution in [2.75, 3.05) is 6.54 Å². The van der Waals surface area contributed by atoms with E-state index in [1.54, 1.807) is 4.90 Å². The molecule has 0 spiro atoms. The molecule has 0 radical (unpaired) electrons. The number of hydrogen-bond acceptors (Lipinski definition) is 3. The van der Waals surface area contributed by atoms with Gasteiger partial charge >= 0.3 is 0 Å². The lowest BCUT2D eigenvalue weighted by Gasteiger charge is -2.39. The van der Waals surface area contributed by atoms with Crippen molar-refractivity contribution in [3.63, 3.8) is 0 Å². The van der Waals surface area contributed by atoms with Gasteiger partial charge < -0.3 is 14.6 Å². The minimum atomic E-state index is -0.939. The number of amides is 2. The Kier molecular flexibility index (Phi) is 6.15. The Morgan fingerprint density at radius 3 is 2.59 bits per heavy atom. The average molecular weight is 397 g/mol. The number of furan rings is 1.